The second kappa shape index (κ2) is 1.76. The monoisotopic (exact) mass is 138 g/mol. The summed E-state index contributed by atoms with van der Waals surface area (Å²) in [5.41, 5.74) is 0. The molecule has 0 bridgehead atoms. The maximum absolute atomic E-state index is 10.7. The summed E-state index contributed by atoms with van der Waals surface area (Å²) in [5, 5.41) is 2.59. The van der Waals surface area contributed by atoms with Crippen LogP contribution in [-0.4, -0.2) is 17.2 Å². The van der Waals surface area contributed by atoms with E-state index in [0.29, 0.717) is 0 Å². The maximum atomic E-state index is 10.7. The van der Waals surface area contributed by atoms with Crippen LogP contribution >= 0.6 is 0 Å². The number of carbonyl (C=O) groups is 1. The SMILES string of the molecule is O=C1C=CN2C=COC2N1. The Morgan fingerprint density at radius 1 is 1.60 bits per heavy atom. The Hall–Kier alpha value is -1.45. The van der Waals surface area contributed by atoms with Gasteiger partial charge in [0.15, 0.2) is 0 Å². The molecule has 0 fully saturated rings. The highest BCUT2D eigenvalue weighted by molar-refractivity contribution is 5.88. The van der Waals surface area contributed by atoms with Gasteiger partial charge in [-0.2, -0.15) is 0 Å². The van der Waals surface area contributed by atoms with Gasteiger partial charge >= 0.3 is 0 Å². The molecular weight excluding hydrogens is 132 g/mol. The molecule has 4 nitrogen and oxygen atoms in total. The lowest BCUT2D eigenvalue weighted by molar-refractivity contribution is -0.122. The van der Waals surface area contributed by atoms with Crippen LogP contribution in [0.2, 0.25) is 0 Å². The predicted molar refractivity (Wildman–Crippen MR) is 33.1 cm³/mol. The van der Waals surface area contributed by atoms with E-state index in [9.17, 15) is 4.79 Å². The minimum Gasteiger partial charge on any atom is -0.458 e. The number of carbonyl (C=O) groups excluding carboxylic acids is 1. The number of ether oxygens (including phenoxy) is 1. The van der Waals surface area contributed by atoms with Crippen molar-refractivity contribution in [3.8, 4) is 0 Å². The first-order valence-electron chi connectivity index (χ1n) is 2.94. The van der Waals surface area contributed by atoms with Gasteiger partial charge in [-0.3, -0.25) is 15.0 Å². The molecule has 2 aliphatic heterocycles. The highest BCUT2D eigenvalue weighted by Crippen LogP contribution is 2.11. The van der Waals surface area contributed by atoms with Crippen LogP contribution in [0.4, 0.5) is 0 Å². The highest BCUT2D eigenvalue weighted by Gasteiger charge is 2.22. The molecule has 0 radical (unpaired) electrons. The van der Waals surface area contributed by atoms with Crippen molar-refractivity contribution in [1.29, 1.82) is 0 Å². The standard InChI is InChI=1S/C6H6N2O2/c9-5-1-2-8-3-4-10-6(8)7-5/h1-4,6H,(H,7,9). The minimum absolute atomic E-state index is 0.120. The highest BCUT2D eigenvalue weighted by atomic mass is 16.5. The van der Waals surface area contributed by atoms with Gasteiger partial charge in [0.05, 0.1) is 0 Å². The van der Waals surface area contributed by atoms with E-state index in [0.717, 1.165) is 0 Å². The first-order chi connectivity index (χ1) is 4.86. The molecule has 0 saturated heterocycles. The summed E-state index contributed by atoms with van der Waals surface area (Å²) in [5.74, 6) is -0.120. The van der Waals surface area contributed by atoms with Crippen LogP contribution in [0.5, 0.6) is 0 Å². The first-order valence-corrected chi connectivity index (χ1v) is 2.94. The van der Waals surface area contributed by atoms with Crippen molar-refractivity contribution in [2.24, 2.45) is 0 Å². The molecule has 2 rings (SSSR count). The van der Waals surface area contributed by atoms with Crippen LogP contribution in [0.3, 0.4) is 0 Å². The lowest BCUT2D eigenvalue weighted by atomic mass is 10.4. The van der Waals surface area contributed by atoms with Gasteiger partial charge < -0.3 is 4.74 Å². The van der Waals surface area contributed by atoms with Crippen molar-refractivity contribution in [1.82, 2.24) is 10.2 Å². The van der Waals surface area contributed by atoms with E-state index in [1.165, 1.54) is 6.08 Å². The number of nitrogens with zero attached hydrogens (tertiary/aromatic N) is 1. The summed E-state index contributed by atoms with van der Waals surface area (Å²) in [7, 11) is 0. The maximum Gasteiger partial charge on any atom is 0.256 e. The number of amides is 1. The van der Waals surface area contributed by atoms with Gasteiger partial charge in [0.25, 0.3) is 6.35 Å². The van der Waals surface area contributed by atoms with Gasteiger partial charge in [0.2, 0.25) is 5.91 Å². The molecule has 10 heavy (non-hydrogen) atoms. The molecule has 4 heteroatoms. The Labute approximate surface area is 57.8 Å². The average Bonchev–Trinajstić information content (AvgIpc) is 2.33. The van der Waals surface area contributed by atoms with Gasteiger partial charge in [-0.1, -0.05) is 0 Å². The molecule has 1 unspecified atom stereocenters. The Morgan fingerprint density at radius 2 is 2.50 bits per heavy atom. The van der Waals surface area contributed by atoms with Crippen molar-refractivity contribution < 1.29 is 9.53 Å². The molecule has 1 N–H and O–H groups in total. The quantitative estimate of drug-likeness (QED) is 0.500. The van der Waals surface area contributed by atoms with Gasteiger partial charge in [0, 0.05) is 18.5 Å². The molecule has 0 spiro atoms. The second-order valence-corrected chi connectivity index (χ2v) is 2.05. The molecule has 0 aromatic carbocycles. The number of nitrogens with one attached hydrogen (secondary N) is 1. The summed E-state index contributed by atoms with van der Waals surface area (Å²) >= 11 is 0. The largest absolute Gasteiger partial charge is 0.458 e. The molecule has 2 heterocycles. The van der Waals surface area contributed by atoms with Crippen LogP contribution in [0.1, 0.15) is 0 Å². The van der Waals surface area contributed by atoms with Crippen LogP contribution in [-0.2, 0) is 9.53 Å². The van der Waals surface area contributed by atoms with Gasteiger partial charge in [0.1, 0.15) is 6.26 Å². The van der Waals surface area contributed by atoms with E-state index in [1.54, 1.807) is 23.6 Å². The predicted octanol–water partition coefficient (Wildman–Crippen LogP) is -0.283. The molecule has 0 aliphatic carbocycles. The molecule has 1 amide bonds. The second-order valence-electron chi connectivity index (χ2n) is 2.05. The number of fused-ring (bicyclic) bond motifs is 1. The van der Waals surface area contributed by atoms with Crippen LogP contribution in [0.25, 0.3) is 0 Å². The fourth-order valence-electron chi connectivity index (χ4n) is 0.888. The third-order valence-corrected chi connectivity index (χ3v) is 1.38. The van der Waals surface area contributed by atoms with Crippen molar-refractivity contribution in [3.63, 3.8) is 0 Å². The zero-order valence-electron chi connectivity index (χ0n) is 5.15. The third kappa shape index (κ3) is 0.655. The van der Waals surface area contributed by atoms with E-state index >= 15 is 0 Å². The zero-order valence-corrected chi connectivity index (χ0v) is 5.15. The average molecular weight is 138 g/mol. The van der Waals surface area contributed by atoms with Crippen molar-refractivity contribution >= 4 is 5.91 Å². The molecule has 0 saturated carbocycles. The smallest absolute Gasteiger partial charge is 0.256 e. The first kappa shape index (κ1) is 5.34. The fourth-order valence-corrected chi connectivity index (χ4v) is 0.888. The molecule has 1 atom stereocenters. The summed E-state index contributed by atoms with van der Waals surface area (Å²) < 4.78 is 4.99. The third-order valence-electron chi connectivity index (χ3n) is 1.38. The van der Waals surface area contributed by atoms with E-state index in [4.69, 9.17) is 4.74 Å². The lowest BCUT2D eigenvalue weighted by Crippen LogP contribution is -2.44. The zero-order chi connectivity index (χ0) is 6.97. The number of rotatable bonds is 0. The Kier molecular flexibility index (Phi) is 0.943. The van der Waals surface area contributed by atoms with E-state index < -0.39 is 0 Å². The Morgan fingerprint density at radius 3 is 3.40 bits per heavy atom. The lowest BCUT2D eigenvalue weighted by Gasteiger charge is -2.23. The normalized spacial score (nSPS) is 27.8. The topological polar surface area (TPSA) is 41.6 Å². The van der Waals surface area contributed by atoms with Gasteiger partial charge in [-0.05, 0) is 0 Å². The van der Waals surface area contributed by atoms with Crippen molar-refractivity contribution in [2.75, 3.05) is 0 Å². The Bertz CT molecular complexity index is 222. The van der Waals surface area contributed by atoms with E-state index in [2.05, 4.69) is 5.32 Å². The number of hydrogen-bond donors (Lipinski definition) is 1. The van der Waals surface area contributed by atoms with Crippen LogP contribution in [0.15, 0.2) is 24.7 Å². The van der Waals surface area contributed by atoms with E-state index in [-0.39, 0.29) is 12.3 Å². The van der Waals surface area contributed by atoms with E-state index in [1.807, 2.05) is 0 Å². The molecule has 2 aliphatic rings. The summed E-state index contributed by atoms with van der Waals surface area (Å²) in [6.45, 7) is 0. The van der Waals surface area contributed by atoms with Crippen LogP contribution in [0, 0.1) is 0 Å². The molecule has 52 valence electrons. The van der Waals surface area contributed by atoms with Crippen molar-refractivity contribution in [2.45, 2.75) is 6.35 Å². The van der Waals surface area contributed by atoms with Gasteiger partial charge in [-0.15, -0.1) is 0 Å². The Balaban J connectivity index is 2.21. The summed E-state index contributed by atoms with van der Waals surface area (Å²) in [6.07, 6.45) is 6.10. The summed E-state index contributed by atoms with van der Waals surface area (Å²) in [4.78, 5) is 12.4. The van der Waals surface area contributed by atoms with Gasteiger partial charge in [-0.25, -0.2) is 0 Å². The molecular formula is C6H6N2O2. The molecule has 0 aromatic heterocycles. The summed E-state index contributed by atoms with van der Waals surface area (Å²) in [6, 6.07) is 0. The van der Waals surface area contributed by atoms with Crippen LogP contribution < -0.4 is 5.32 Å². The minimum atomic E-state index is -0.322. The van der Waals surface area contributed by atoms with Crippen molar-refractivity contribution in [3.05, 3.63) is 24.7 Å². The molecule has 0 aromatic rings. The number of hydrogen-bond acceptors (Lipinski definition) is 3. The fraction of sp³-hybridized carbons (Fsp3) is 0.167.